The molecule has 0 bridgehead atoms. The monoisotopic (exact) mass is 262 g/mol. The van der Waals surface area contributed by atoms with Gasteiger partial charge in [-0.1, -0.05) is 60.7 Å². The normalized spacial score (nSPS) is 19.9. The molecule has 20 heavy (non-hydrogen) atoms. The molecule has 0 amide bonds. The number of allylic oxidation sites excluding steroid dienone is 6. The van der Waals surface area contributed by atoms with Crippen molar-refractivity contribution in [1.82, 2.24) is 0 Å². The Labute approximate surface area is 122 Å². The molecule has 0 nitrogen and oxygen atoms in total. The van der Waals surface area contributed by atoms with Crippen LogP contribution in [0.3, 0.4) is 0 Å². The van der Waals surface area contributed by atoms with Gasteiger partial charge in [0.1, 0.15) is 0 Å². The number of fused-ring (bicyclic) bond motifs is 1. The van der Waals surface area contributed by atoms with Gasteiger partial charge in [-0.25, -0.2) is 0 Å². The zero-order chi connectivity index (χ0) is 13.9. The van der Waals surface area contributed by atoms with Gasteiger partial charge in [-0.15, -0.1) is 0 Å². The zero-order valence-corrected chi connectivity index (χ0v) is 12.2. The van der Waals surface area contributed by atoms with E-state index in [0.717, 1.165) is 6.42 Å². The molecule has 2 aliphatic carbocycles. The fraction of sp³-hybridized carbons (Fsp3) is 0.300. The first kappa shape index (κ1) is 13.2. The van der Waals surface area contributed by atoms with E-state index >= 15 is 0 Å². The Kier molecular flexibility index (Phi) is 3.73. The van der Waals surface area contributed by atoms with Gasteiger partial charge in [0.2, 0.25) is 0 Å². The van der Waals surface area contributed by atoms with Gasteiger partial charge in [-0.3, -0.25) is 0 Å². The molecule has 0 spiro atoms. The highest BCUT2D eigenvalue weighted by Crippen LogP contribution is 2.36. The largest absolute Gasteiger partial charge is 0.0984 e. The summed E-state index contributed by atoms with van der Waals surface area (Å²) in [4.78, 5) is 0. The molecule has 0 N–H and O–H groups in total. The van der Waals surface area contributed by atoms with E-state index in [1.54, 1.807) is 0 Å². The van der Waals surface area contributed by atoms with Crippen LogP contribution in [0.4, 0.5) is 0 Å². The smallest absolute Gasteiger partial charge is 0.00850 e. The Morgan fingerprint density at radius 1 is 1.30 bits per heavy atom. The second kappa shape index (κ2) is 5.66. The van der Waals surface area contributed by atoms with Crippen molar-refractivity contribution in [3.05, 3.63) is 71.3 Å². The Morgan fingerprint density at radius 2 is 2.20 bits per heavy atom. The van der Waals surface area contributed by atoms with Gasteiger partial charge in [0.15, 0.2) is 0 Å². The van der Waals surface area contributed by atoms with Crippen LogP contribution in [0.5, 0.6) is 0 Å². The SMILES string of the molecule is C=Cc1cc(C)cc2c1C(CCC1C=CC=CC1)=CC2. The number of hydrogen-bond acceptors (Lipinski definition) is 0. The topological polar surface area (TPSA) is 0 Å². The first-order valence-corrected chi connectivity index (χ1v) is 7.56. The highest BCUT2D eigenvalue weighted by Gasteiger charge is 2.18. The summed E-state index contributed by atoms with van der Waals surface area (Å²) in [6, 6.07) is 4.59. The summed E-state index contributed by atoms with van der Waals surface area (Å²) in [5.74, 6) is 0.711. The van der Waals surface area contributed by atoms with Crippen LogP contribution in [0.1, 0.15) is 41.5 Å². The van der Waals surface area contributed by atoms with Crippen LogP contribution in [0.15, 0.2) is 49.1 Å². The zero-order valence-electron chi connectivity index (χ0n) is 12.2. The molecular formula is C20H22. The fourth-order valence-electron chi connectivity index (χ4n) is 3.35. The predicted molar refractivity (Wildman–Crippen MR) is 88.6 cm³/mol. The van der Waals surface area contributed by atoms with E-state index in [-0.39, 0.29) is 0 Å². The van der Waals surface area contributed by atoms with Crippen molar-refractivity contribution in [2.24, 2.45) is 5.92 Å². The van der Waals surface area contributed by atoms with Crippen LogP contribution in [0.2, 0.25) is 0 Å². The van der Waals surface area contributed by atoms with Crippen molar-refractivity contribution in [2.75, 3.05) is 0 Å². The summed E-state index contributed by atoms with van der Waals surface area (Å²) in [6.07, 6.45) is 18.1. The summed E-state index contributed by atoms with van der Waals surface area (Å²) in [6.45, 7) is 6.16. The Hall–Kier alpha value is -1.82. The van der Waals surface area contributed by atoms with Crippen LogP contribution in [-0.2, 0) is 6.42 Å². The second-order valence-electron chi connectivity index (χ2n) is 5.87. The quantitative estimate of drug-likeness (QED) is 0.673. The summed E-state index contributed by atoms with van der Waals surface area (Å²) in [7, 11) is 0. The summed E-state index contributed by atoms with van der Waals surface area (Å²) < 4.78 is 0. The van der Waals surface area contributed by atoms with Crippen molar-refractivity contribution in [1.29, 1.82) is 0 Å². The summed E-state index contributed by atoms with van der Waals surface area (Å²) in [5, 5.41) is 0. The standard InChI is InChI=1S/C20H22/c1-3-17-13-15(2)14-19-12-11-18(20(17)19)10-9-16-7-5-4-6-8-16/h3-7,11,13-14,16H,1,8-10,12H2,2H3. The van der Waals surface area contributed by atoms with Crippen LogP contribution in [0, 0.1) is 12.8 Å². The van der Waals surface area contributed by atoms with E-state index in [1.165, 1.54) is 47.1 Å². The first-order chi connectivity index (χ1) is 9.78. The Balaban J connectivity index is 1.77. The molecule has 3 rings (SSSR count). The number of aryl methyl sites for hydroxylation is 1. The van der Waals surface area contributed by atoms with E-state index in [2.05, 4.69) is 56.0 Å². The molecule has 2 aliphatic rings. The van der Waals surface area contributed by atoms with E-state index in [4.69, 9.17) is 0 Å². The molecule has 0 heterocycles. The van der Waals surface area contributed by atoms with Crippen LogP contribution in [0.25, 0.3) is 11.6 Å². The van der Waals surface area contributed by atoms with Crippen LogP contribution < -0.4 is 0 Å². The molecule has 0 saturated carbocycles. The molecule has 0 aliphatic heterocycles. The summed E-state index contributed by atoms with van der Waals surface area (Å²) >= 11 is 0. The Bertz CT molecular complexity index is 611. The second-order valence-corrected chi connectivity index (χ2v) is 5.87. The molecule has 1 atom stereocenters. The predicted octanol–water partition coefficient (Wildman–Crippen LogP) is 5.49. The molecule has 1 aromatic carbocycles. The number of rotatable bonds is 4. The number of benzene rings is 1. The molecule has 102 valence electrons. The minimum absolute atomic E-state index is 0.711. The molecule has 0 saturated heterocycles. The van der Waals surface area contributed by atoms with Gasteiger partial charge in [-0.2, -0.15) is 0 Å². The molecule has 0 radical (unpaired) electrons. The maximum atomic E-state index is 3.99. The third kappa shape index (κ3) is 2.56. The maximum Gasteiger partial charge on any atom is -0.00850 e. The van der Waals surface area contributed by atoms with Gasteiger partial charge in [0, 0.05) is 0 Å². The number of hydrogen-bond donors (Lipinski definition) is 0. The van der Waals surface area contributed by atoms with Crippen LogP contribution >= 0.6 is 0 Å². The van der Waals surface area contributed by atoms with Gasteiger partial charge in [0.25, 0.3) is 0 Å². The molecule has 0 fully saturated rings. The lowest BCUT2D eigenvalue weighted by molar-refractivity contribution is 0.607. The van der Waals surface area contributed by atoms with Crippen LogP contribution in [-0.4, -0.2) is 0 Å². The van der Waals surface area contributed by atoms with Gasteiger partial charge >= 0.3 is 0 Å². The summed E-state index contributed by atoms with van der Waals surface area (Å²) in [5.41, 5.74) is 7.12. The Morgan fingerprint density at radius 3 is 2.95 bits per heavy atom. The van der Waals surface area contributed by atoms with Crippen molar-refractivity contribution in [3.8, 4) is 0 Å². The minimum Gasteiger partial charge on any atom is -0.0984 e. The molecule has 0 heteroatoms. The highest BCUT2D eigenvalue weighted by atomic mass is 14.2. The van der Waals surface area contributed by atoms with Crippen molar-refractivity contribution >= 4 is 11.6 Å². The van der Waals surface area contributed by atoms with E-state index < -0.39 is 0 Å². The van der Waals surface area contributed by atoms with Crippen molar-refractivity contribution in [3.63, 3.8) is 0 Å². The molecular weight excluding hydrogens is 240 g/mol. The van der Waals surface area contributed by atoms with Gasteiger partial charge < -0.3 is 0 Å². The molecule has 0 aromatic heterocycles. The first-order valence-electron chi connectivity index (χ1n) is 7.56. The molecule has 1 aromatic rings. The third-order valence-corrected chi connectivity index (χ3v) is 4.36. The van der Waals surface area contributed by atoms with E-state index in [9.17, 15) is 0 Å². The van der Waals surface area contributed by atoms with Gasteiger partial charge in [0.05, 0.1) is 0 Å². The average Bonchev–Trinajstić information content (AvgIpc) is 2.88. The van der Waals surface area contributed by atoms with Gasteiger partial charge in [-0.05, 0) is 60.8 Å². The highest BCUT2D eigenvalue weighted by molar-refractivity contribution is 5.80. The molecule has 1 unspecified atom stereocenters. The maximum absolute atomic E-state index is 3.99. The minimum atomic E-state index is 0.711. The van der Waals surface area contributed by atoms with Crippen molar-refractivity contribution < 1.29 is 0 Å². The lowest BCUT2D eigenvalue weighted by atomic mass is 9.90. The van der Waals surface area contributed by atoms with Crippen molar-refractivity contribution in [2.45, 2.75) is 32.6 Å². The van der Waals surface area contributed by atoms with E-state index in [0.29, 0.717) is 5.92 Å². The average molecular weight is 262 g/mol. The third-order valence-electron chi connectivity index (χ3n) is 4.36. The lowest BCUT2D eigenvalue weighted by Crippen LogP contribution is -1.99. The lowest BCUT2D eigenvalue weighted by Gasteiger charge is -2.15. The fourth-order valence-corrected chi connectivity index (χ4v) is 3.35. The van der Waals surface area contributed by atoms with E-state index in [1.807, 2.05) is 6.08 Å².